The van der Waals surface area contributed by atoms with Gasteiger partial charge in [-0.2, -0.15) is 0 Å². The summed E-state index contributed by atoms with van der Waals surface area (Å²) in [6, 6.07) is 8.94. The summed E-state index contributed by atoms with van der Waals surface area (Å²) >= 11 is 0. The van der Waals surface area contributed by atoms with Crippen molar-refractivity contribution >= 4 is 10.9 Å². The van der Waals surface area contributed by atoms with Gasteiger partial charge in [0.25, 0.3) is 0 Å². The molecule has 0 spiro atoms. The lowest BCUT2D eigenvalue weighted by atomic mass is 10.1. The van der Waals surface area contributed by atoms with Crippen LogP contribution in [0.1, 0.15) is 5.56 Å². The van der Waals surface area contributed by atoms with Gasteiger partial charge in [0.05, 0.1) is 25.1 Å². The van der Waals surface area contributed by atoms with Gasteiger partial charge in [-0.3, -0.25) is 0 Å². The first kappa shape index (κ1) is 14.1. The highest BCUT2D eigenvalue weighted by molar-refractivity contribution is 5.87. The van der Waals surface area contributed by atoms with Gasteiger partial charge in [0.1, 0.15) is 17.2 Å². The maximum atomic E-state index is 9.63. The minimum atomic E-state index is 0.257. The highest BCUT2D eigenvalue weighted by atomic mass is 16.5. The second-order valence-electron chi connectivity index (χ2n) is 4.96. The van der Waals surface area contributed by atoms with Crippen LogP contribution in [0.2, 0.25) is 0 Å². The molecule has 5 heteroatoms. The maximum Gasteiger partial charge on any atom is 0.159 e. The minimum Gasteiger partial charge on any atom is -0.508 e. The van der Waals surface area contributed by atoms with Crippen molar-refractivity contribution < 1.29 is 14.6 Å². The number of rotatable bonds is 3. The number of phenolic OH excluding ortho intramolecular Hbond substituents is 1. The van der Waals surface area contributed by atoms with Crippen LogP contribution in [0.15, 0.2) is 36.5 Å². The molecule has 0 bridgehead atoms. The Kier molecular flexibility index (Phi) is 3.55. The number of aromatic nitrogens is 2. The Balaban J connectivity index is 2.18. The number of phenols is 1. The lowest BCUT2D eigenvalue weighted by Gasteiger charge is -2.09. The highest BCUT2D eigenvalue weighted by Crippen LogP contribution is 2.31. The van der Waals surface area contributed by atoms with E-state index in [0.29, 0.717) is 17.3 Å². The number of ether oxygens (including phenoxy) is 2. The molecule has 0 aliphatic heterocycles. The lowest BCUT2D eigenvalue weighted by Crippen LogP contribution is -1.94. The third-order valence-electron chi connectivity index (χ3n) is 3.55. The zero-order chi connectivity index (χ0) is 15.7. The van der Waals surface area contributed by atoms with Crippen LogP contribution in [0.5, 0.6) is 17.2 Å². The van der Waals surface area contributed by atoms with E-state index < -0.39 is 0 Å². The fourth-order valence-electron chi connectivity index (χ4n) is 2.30. The smallest absolute Gasteiger partial charge is 0.159 e. The van der Waals surface area contributed by atoms with Crippen molar-refractivity contribution in [2.45, 2.75) is 6.92 Å². The SMILES string of the molecule is COc1cc(OC)c2cnc(-c3ccc(O)c(C)c3)nc2c1. The van der Waals surface area contributed by atoms with Crippen molar-refractivity contribution in [3.8, 4) is 28.6 Å². The van der Waals surface area contributed by atoms with Crippen LogP contribution in [0, 0.1) is 6.92 Å². The second-order valence-corrected chi connectivity index (χ2v) is 4.96. The molecule has 0 fully saturated rings. The molecule has 0 amide bonds. The molecule has 0 aliphatic rings. The first-order valence-electron chi connectivity index (χ1n) is 6.81. The maximum absolute atomic E-state index is 9.63. The molecule has 5 nitrogen and oxygen atoms in total. The third-order valence-corrected chi connectivity index (χ3v) is 3.55. The zero-order valence-corrected chi connectivity index (χ0v) is 12.6. The fourth-order valence-corrected chi connectivity index (χ4v) is 2.30. The molecule has 3 rings (SSSR count). The van der Waals surface area contributed by atoms with Crippen molar-refractivity contribution in [2.24, 2.45) is 0 Å². The van der Waals surface area contributed by atoms with Crippen LogP contribution in [0.25, 0.3) is 22.3 Å². The van der Waals surface area contributed by atoms with Gasteiger partial charge in [-0.1, -0.05) is 0 Å². The molecule has 0 atom stereocenters. The molecule has 112 valence electrons. The number of hydrogen-bond donors (Lipinski definition) is 1. The number of hydrogen-bond acceptors (Lipinski definition) is 5. The van der Waals surface area contributed by atoms with Gasteiger partial charge in [0.15, 0.2) is 5.82 Å². The summed E-state index contributed by atoms with van der Waals surface area (Å²) in [6.45, 7) is 1.84. The van der Waals surface area contributed by atoms with Crippen molar-refractivity contribution in [1.29, 1.82) is 0 Å². The van der Waals surface area contributed by atoms with E-state index in [0.717, 1.165) is 22.0 Å². The number of benzene rings is 2. The molecule has 2 aromatic carbocycles. The van der Waals surface area contributed by atoms with E-state index >= 15 is 0 Å². The molecule has 0 radical (unpaired) electrons. The Hall–Kier alpha value is -2.82. The van der Waals surface area contributed by atoms with Gasteiger partial charge in [-0.15, -0.1) is 0 Å². The standard InChI is InChI=1S/C17H16N2O3/c1-10-6-11(4-5-15(10)20)17-18-9-13-14(19-17)7-12(21-2)8-16(13)22-3/h4-9,20H,1-3H3. The van der Waals surface area contributed by atoms with Crippen LogP contribution < -0.4 is 9.47 Å². The van der Waals surface area contributed by atoms with Crippen LogP contribution in [0.3, 0.4) is 0 Å². The van der Waals surface area contributed by atoms with Crippen LogP contribution in [-0.4, -0.2) is 29.3 Å². The Morgan fingerprint density at radius 2 is 1.86 bits per heavy atom. The monoisotopic (exact) mass is 296 g/mol. The van der Waals surface area contributed by atoms with E-state index in [1.165, 1.54) is 0 Å². The molecular weight excluding hydrogens is 280 g/mol. The first-order valence-corrected chi connectivity index (χ1v) is 6.81. The predicted octanol–water partition coefficient (Wildman–Crippen LogP) is 3.33. The topological polar surface area (TPSA) is 64.5 Å². The van der Waals surface area contributed by atoms with Crippen LogP contribution in [-0.2, 0) is 0 Å². The Labute approximate surface area is 128 Å². The third kappa shape index (κ3) is 2.41. The van der Waals surface area contributed by atoms with Gasteiger partial charge in [0, 0.05) is 23.9 Å². The van der Waals surface area contributed by atoms with Gasteiger partial charge >= 0.3 is 0 Å². The average Bonchev–Trinajstić information content (AvgIpc) is 2.55. The first-order chi connectivity index (χ1) is 10.6. The fraction of sp³-hybridized carbons (Fsp3) is 0.176. The normalized spacial score (nSPS) is 10.7. The lowest BCUT2D eigenvalue weighted by molar-refractivity contribution is 0.397. The van der Waals surface area contributed by atoms with E-state index in [1.54, 1.807) is 38.6 Å². The summed E-state index contributed by atoms with van der Waals surface area (Å²) in [5, 5.41) is 10.4. The number of fused-ring (bicyclic) bond motifs is 1. The van der Waals surface area contributed by atoms with E-state index in [1.807, 2.05) is 19.1 Å². The Bertz CT molecular complexity index is 847. The molecular formula is C17H16N2O3. The molecule has 1 N–H and O–H groups in total. The minimum absolute atomic E-state index is 0.257. The van der Waals surface area contributed by atoms with E-state index in [2.05, 4.69) is 9.97 Å². The predicted molar refractivity (Wildman–Crippen MR) is 84.5 cm³/mol. The molecule has 1 aromatic heterocycles. The average molecular weight is 296 g/mol. The van der Waals surface area contributed by atoms with E-state index in [9.17, 15) is 5.11 Å². The van der Waals surface area contributed by atoms with Crippen LogP contribution in [0.4, 0.5) is 0 Å². The van der Waals surface area contributed by atoms with Gasteiger partial charge < -0.3 is 14.6 Å². The summed E-state index contributed by atoms with van der Waals surface area (Å²) < 4.78 is 10.6. The van der Waals surface area contributed by atoms with Crippen molar-refractivity contribution in [3.05, 3.63) is 42.1 Å². The number of aromatic hydroxyl groups is 1. The summed E-state index contributed by atoms with van der Waals surface area (Å²) in [5.74, 6) is 2.19. The Morgan fingerprint density at radius 3 is 2.55 bits per heavy atom. The number of nitrogens with zero attached hydrogens (tertiary/aromatic N) is 2. The van der Waals surface area contributed by atoms with E-state index in [-0.39, 0.29) is 5.75 Å². The quantitative estimate of drug-likeness (QED) is 0.803. The molecule has 3 aromatic rings. The second kappa shape index (κ2) is 5.52. The Morgan fingerprint density at radius 1 is 1.05 bits per heavy atom. The molecule has 0 saturated heterocycles. The van der Waals surface area contributed by atoms with E-state index in [4.69, 9.17) is 9.47 Å². The zero-order valence-electron chi connectivity index (χ0n) is 12.6. The summed E-state index contributed by atoms with van der Waals surface area (Å²) in [7, 11) is 3.21. The largest absolute Gasteiger partial charge is 0.508 e. The number of aryl methyl sites for hydroxylation is 1. The van der Waals surface area contributed by atoms with Crippen molar-refractivity contribution in [2.75, 3.05) is 14.2 Å². The highest BCUT2D eigenvalue weighted by Gasteiger charge is 2.10. The summed E-state index contributed by atoms with van der Waals surface area (Å²) in [6.07, 6.45) is 1.73. The van der Waals surface area contributed by atoms with Gasteiger partial charge in [-0.25, -0.2) is 9.97 Å². The molecule has 0 unspecified atom stereocenters. The molecule has 1 heterocycles. The van der Waals surface area contributed by atoms with Crippen molar-refractivity contribution in [3.63, 3.8) is 0 Å². The molecule has 22 heavy (non-hydrogen) atoms. The van der Waals surface area contributed by atoms with Gasteiger partial charge in [0.2, 0.25) is 0 Å². The van der Waals surface area contributed by atoms with Crippen LogP contribution >= 0.6 is 0 Å². The van der Waals surface area contributed by atoms with Gasteiger partial charge in [-0.05, 0) is 30.7 Å². The summed E-state index contributed by atoms with van der Waals surface area (Å²) in [5.41, 5.74) is 2.37. The molecule has 0 aliphatic carbocycles. The molecule has 0 saturated carbocycles. The number of methoxy groups -OCH3 is 2. The van der Waals surface area contributed by atoms with Crippen molar-refractivity contribution in [1.82, 2.24) is 9.97 Å². The summed E-state index contributed by atoms with van der Waals surface area (Å²) in [4.78, 5) is 8.98.